The van der Waals surface area contributed by atoms with Crippen molar-refractivity contribution >= 4 is 17.5 Å². The molecule has 1 rings (SSSR count). The molecule has 1 unspecified atom stereocenters. The van der Waals surface area contributed by atoms with Gasteiger partial charge in [0.25, 0.3) is 5.91 Å². The highest BCUT2D eigenvalue weighted by Gasteiger charge is 2.28. The highest BCUT2D eigenvalue weighted by Crippen LogP contribution is 2.24. The maximum atomic E-state index is 12.2. The Hall–Kier alpha value is -1.47. The van der Waals surface area contributed by atoms with Crippen LogP contribution in [0.1, 0.15) is 13.3 Å². The van der Waals surface area contributed by atoms with Gasteiger partial charge in [-0.3, -0.25) is 9.69 Å². The summed E-state index contributed by atoms with van der Waals surface area (Å²) in [6, 6.07) is 6.79. The molecule has 8 heteroatoms. The van der Waals surface area contributed by atoms with Crippen molar-refractivity contribution in [1.29, 1.82) is 0 Å². The molecule has 1 aromatic rings. The van der Waals surface area contributed by atoms with E-state index in [1.165, 1.54) is 7.05 Å². The zero-order valence-electron chi connectivity index (χ0n) is 13.0. The van der Waals surface area contributed by atoms with Gasteiger partial charge in [0.15, 0.2) is 6.10 Å². The number of hydrogen-bond donors (Lipinski definition) is 1. The lowest BCUT2D eigenvalue weighted by atomic mass is 10.3. The molecule has 1 amide bonds. The van der Waals surface area contributed by atoms with E-state index in [9.17, 15) is 18.0 Å². The number of alkyl halides is 3. The van der Waals surface area contributed by atoms with Crippen molar-refractivity contribution < 1.29 is 22.7 Å². The van der Waals surface area contributed by atoms with E-state index in [1.54, 1.807) is 31.2 Å². The molecule has 1 N–H and O–H groups in total. The molecule has 0 aliphatic heterocycles. The van der Waals surface area contributed by atoms with Crippen molar-refractivity contribution in [3.05, 3.63) is 29.3 Å². The van der Waals surface area contributed by atoms with Crippen LogP contribution in [0.15, 0.2) is 24.3 Å². The van der Waals surface area contributed by atoms with Crippen LogP contribution in [0.25, 0.3) is 0 Å². The van der Waals surface area contributed by atoms with Gasteiger partial charge in [-0.15, -0.1) is 0 Å². The predicted molar refractivity (Wildman–Crippen MR) is 82.7 cm³/mol. The third-order valence-corrected chi connectivity index (χ3v) is 3.29. The molecule has 0 spiro atoms. The van der Waals surface area contributed by atoms with Crippen molar-refractivity contribution in [1.82, 2.24) is 10.2 Å². The van der Waals surface area contributed by atoms with Gasteiger partial charge in [-0.05, 0) is 39.1 Å². The Morgan fingerprint density at radius 3 is 2.65 bits per heavy atom. The number of para-hydroxylation sites is 1. The molecule has 23 heavy (non-hydrogen) atoms. The number of hydrogen-bond acceptors (Lipinski definition) is 3. The van der Waals surface area contributed by atoms with Crippen molar-refractivity contribution in [2.75, 3.05) is 26.7 Å². The van der Waals surface area contributed by atoms with E-state index in [0.717, 1.165) is 4.90 Å². The second-order valence-electron chi connectivity index (χ2n) is 5.19. The van der Waals surface area contributed by atoms with Crippen molar-refractivity contribution in [3.63, 3.8) is 0 Å². The summed E-state index contributed by atoms with van der Waals surface area (Å²) in [5, 5.41) is 3.03. The summed E-state index contributed by atoms with van der Waals surface area (Å²) < 4.78 is 41.9. The summed E-state index contributed by atoms with van der Waals surface area (Å²) >= 11 is 5.93. The van der Waals surface area contributed by atoms with Gasteiger partial charge in [-0.2, -0.15) is 13.2 Å². The molecule has 0 radical (unpaired) electrons. The minimum atomic E-state index is -4.21. The van der Waals surface area contributed by atoms with E-state index >= 15 is 0 Å². The Balaban J connectivity index is 2.27. The van der Waals surface area contributed by atoms with E-state index in [0.29, 0.717) is 17.2 Å². The number of carbonyl (C=O) groups excluding carboxylic acids is 1. The number of carbonyl (C=O) groups is 1. The summed E-state index contributed by atoms with van der Waals surface area (Å²) in [6.07, 6.45) is -4.55. The first kappa shape index (κ1) is 19.6. The van der Waals surface area contributed by atoms with Gasteiger partial charge in [0.05, 0.1) is 11.6 Å². The highest BCUT2D eigenvalue weighted by atomic mass is 35.5. The van der Waals surface area contributed by atoms with Crippen LogP contribution in [0.2, 0.25) is 5.02 Å². The van der Waals surface area contributed by atoms with Crippen molar-refractivity contribution in [2.45, 2.75) is 25.6 Å². The van der Waals surface area contributed by atoms with Crippen LogP contribution in [-0.2, 0) is 4.79 Å². The monoisotopic (exact) mass is 352 g/mol. The normalized spacial score (nSPS) is 13.0. The number of ether oxygens (including phenoxy) is 1. The Bertz CT molecular complexity index is 512. The molecule has 4 nitrogen and oxygen atoms in total. The van der Waals surface area contributed by atoms with Gasteiger partial charge in [0.1, 0.15) is 5.75 Å². The molecule has 0 fully saturated rings. The molecule has 0 aliphatic carbocycles. The smallest absolute Gasteiger partial charge is 0.401 e. The lowest BCUT2D eigenvalue weighted by molar-refractivity contribution is -0.143. The topological polar surface area (TPSA) is 41.6 Å². The van der Waals surface area contributed by atoms with Crippen LogP contribution in [0, 0.1) is 0 Å². The average Bonchev–Trinajstić information content (AvgIpc) is 2.44. The van der Waals surface area contributed by atoms with Crippen LogP contribution in [-0.4, -0.2) is 49.8 Å². The predicted octanol–water partition coefficient (Wildman–Crippen LogP) is 3.11. The Labute approximate surface area is 138 Å². The van der Waals surface area contributed by atoms with Crippen LogP contribution in [0.5, 0.6) is 5.75 Å². The van der Waals surface area contributed by atoms with Gasteiger partial charge in [0, 0.05) is 6.54 Å². The average molecular weight is 353 g/mol. The zero-order chi connectivity index (χ0) is 17.5. The minimum Gasteiger partial charge on any atom is -0.479 e. The SMILES string of the molecule is CC(Oc1ccccc1Cl)C(=O)NCCCN(C)CC(F)(F)F. The summed E-state index contributed by atoms with van der Waals surface area (Å²) in [6.45, 7) is 1.12. The molecule has 0 bridgehead atoms. The number of benzene rings is 1. The maximum Gasteiger partial charge on any atom is 0.401 e. The quantitative estimate of drug-likeness (QED) is 0.731. The molecule has 1 atom stereocenters. The lowest BCUT2D eigenvalue weighted by Crippen LogP contribution is -2.38. The van der Waals surface area contributed by atoms with E-state index in [4.69, 9.17) is 16.3 Å². The molecule has 130 valence electrons. The Morgan fingerprint density at radius 2 is 2.04 bits per heavy atom. The largest absolute Gasteiger partial charge is 0.479 e. The van der Waals surface area contributed by atoms with E-state index in [1.807, 2.05) is 0 Å². The van der Waals surface area contributed by atoms with E-state index < -0.39 is 18.8 Å². The lowest BCUT2D eigenvalue weighted by Gasteiger charge is -2.19. The van der Waals surface area contributed by atoms with Crippen molar-refractivity contribution in [2.24, 2.45) is 0 Å². The third kappa shape index (κ3) is 8.08. The fourth-order valence-electron chi connectivity index (χ4n) is 1.87. The summed E-state index contributed by atoms with van der Waals surface area (Å²) in [7, 11) is 1.39. The second-order valence-corrected chi connectivity index (χ2v) is 5.60. The summed E-state index contributed by atoms with van der Waals surface area (Å²) in [5.41, 5.74) is 0. The Kier molecular flexibility index (Phi) is 7.64. The minimum absolute atomic E-state index is 0.236. The first-order chi connectivity index (χ1) is 10.7. The van der Waals surface area contributed by atoms with Crippen LogP contribution in [0.3, 0.4) is 0 Å². The van der Waals surface area contributed by atoms with Crippen LogP contribution < -0.4 is 10.1 Å². The zero-order valence-corrected chi connectivity index (χ0v) is 13.7. The van der Waals surface area contributed by atoms with Gasteiger partial charge < -0.3 is 10.1 Å². The van der Waals surface area contributed by atoms with Crippen molar-refractivity contribution in [3.8, 4) is 5.75 Å². The molecule has 0 aliphatic rings. The van der Waals surface area contributed by atoms with E-state index in [-0.39, 0.29) is 19.0 Å². The molecular formula is C15H20ClF3N2O2. The van der Waals surface area contributed by atoms with Gasteiger partial charge in [-0.1, -0.05) is 23.7 Å². The van der Waals surface area contributed by atoms with Gasteiger partial charge >= 0.3 is 6.18 Å². The number of nitrogens with one attached hydrogen (secondary N) is 1. The first-order valence-electron chi connectivity index (χ1n) is 7.13. The summed E-state index contributed by atoms with van der Waals surface area (Å²) in [4.78, 5) is 13.0. The third-order valence-electron chi connectivity index (χ3n) is 2.97. The fraction of sp³-hybridized carbons (Fsp3) is 0.533. The van der Waals surface area contributed by atoms with Crippen LogP contribution in [0.4, 0.5) is 13.2 Å². The number of nitrogens with zero attached hydrogens (tertiary/aromatic N) is 1. The second kappa shape index (κ2) is 8.98. The molecule has 1 aromatic carbocycles. The number of rotatable bonds is 8. The molecule has 0 saturated carbocycles. The Morgan fingerprint density at radius 1 is 1.39 bits per heavy atom. The molecule has 0 heterocycles. The van der Waals surface area contributed by atoms with Crippen LogP contribution >= 0.6 is 11.6 Å². The maximum absolute atomic E-state index is 12.2. The first-order valence-corrected chi connectivity index (χ1v) is 7.51. The van der Waals surface area contributed by atoms with E-state index in [2.05, 4.69) is 5.32 Å². The van der Waals surface area contributed by atoms with Gasteiger partial charge in [-0.25, -0.2) is 0 Å². The molecule has 0 saturated heterocycles. The highest BCUT2D eigenvalue weighted by molar-refractivity contribution is 6.32. The summed E-state index contributed by atoms with van der Waals surface area (Å²) in [5.74, 6) is 0.0603. The standard InChI is InChI=1S/C15H20ClF3N2O2/c1-11(23-13-7-4-3-6-12(13)16)14(22)20-8-5-9-21(2)10-15(17,18)19/h3-4,6-7,11H,5,8-10H2,1-2H3,(H,20,22). The number of amides is 1. The molecule has 0 aromatic heterocycles. The number of halogens is 4. The molecular weight excluding hydrogens is 333 g/mol. The van der Waals surface area contributed by atoms with Gasteiger partial charge in [0.2, 0.25) is 0 Å². The fourth-order valence-corrected chi connectivity index (χ4v) is 2.05.